The number of aromatic carboxylic acids is 1. The Balaban J connectivity index is 1.95. The molecule has 100 valence electrons. The summed E-state index contributed by atoms with van der Waals surface area (Å²) < 4.78 is 4.91. The van der Waals surface area contributed by atoms with E-state index < -0.39 is 11.9 Å². The molecule has 0 atom stereocenters. The molecule has 0 unspecified atom stereocenters. The summed E-state index contributed by atoms with van der Waals surface area (Å²) in [5, 5.41) is 11.4. The van der Waals surface area contributed by atoms with Gasteiger partial charge in [0.1, 0.15) is 6.26 Å². The first-order valence-electron chi connectivity index (χ1n) is 5.77. The van der Waals surface area contributed by atoms with Gasteiger partial charge in [-0.1, -0.05) is 6.92 Å². The number of amides is 1. The summed E-state index contributed by atoms with van der Waals surface area (Å²) in [4.78, 5) is 24.7. The number of nitrogens with one attached hydrogen (secondary N) is 1. The third kappa shape index (κ3) is 3.23. The molecule has 0 saturated carbocycles. The highest BCUT2D eigenvalue weighted by molar-refractivity contribution is 7.11. The van der Waals surface area contributed by atoms with E-state index in [0.29, 0.717) is 6.54 Å². The lowest BCUT2D eigenvalue weighted by Gasteiger charge is -2.00. The van der Waals surface area contributed by atoms with Gasteiger partial charge >= 0.3 is 5.97 Å². The first-order valence-corrected chi connectivity index (χ1v) is 6.59. The van der Waals surface area contributed by atoms with Crippen LogP contribution in [-0.2, 0) is 13.0 Å². The maximum absolute atomic E-state index is 11.7. The van der Waals surface area contributed by atoms with Crippen molar-refractivity contribution in [1.29, 1.82) is 0 Å². The molecule has 0 bridgehead atoms. The van der Waals surface area contributed by atoms with Crippen molar-refractivity contribution in [2.24, 2.45) is 0 Å². The van der Waals surface area contributed by atoms with Gasteiger partial charge in [0.25, 0.3) is 5.91 Å². The smallest absolute Gasteiger partial charge is 0.338 e. The van der Waals surface area contributed by atoms with Gasteiger partial charge in [-0.25, -0.2) is 4.79 Å². The molecule has 0 aliphatic carbocycles. The number of aryl methyl sites for hydroxylation is 1. The van der Waals surface area contributed by atoms with Crippen molar-refractivity contribution in [3.8, 4) is 0 Å². The second-order valence-corrected chi connectivity index (χ2v) is 5.16. The normalized spacial score (nSPS) is 10.4. The Morgan fingerprint density at radius 1 is 1.37 bits per heavy atom. The fraction of sp³-hybridized carbons (Fsp3) is 0.231. The number of carbonyl (C=O) groups excluding carboxylic acids is 1. The summed E-state index contributed by atoms with van der Waals surface area (Å²) in [7, 11) is 0. The zero-order valence-electron chi connectivity index (χ0n) is 10.3. The third-order valence-corrected chi connectivity index (χ3v) is 3.79. The van der Waals surface area contributed by atoms with Gasteiger partial charge in [-0.2, -0.15) is 0 Å². The molecule has 0 radical (unpaired) electrons. The van der Waals surface area contributed by atoms with Crippen molar-refractivity contribution in [3.05, 3.63) is 45.5 Å². The molecule has 0 saturated heterocycles. The van der Waals surface area contributed by atoms with Gasteiger partial charge in [0.05, 0.1) is 12.1 Å². The van der Waals surface area contributed by atoms with Crippen LogP contribution in [0.2, 0.25) is 0 Å². The number of hydrogen-bond acceptors (Lipinski definition) is 4. The molecule has 2 heterocycles. The zero-order chi connectivity index (χ0) is 13.8. The molecule has 2 N–H and O–H groups in total. The molecule has 6 heteroatoms. The van der Waals surface area contributed by atoms with Gasteiger partial charge in [-0.05, 0) is 18.6 Å². The van der Waals surface area contributed by atoms with E-state index >= 15 is 0 Å². The number of carboxylic acids is 1. The lowest BCUT2D eigenvalue weighted by molar-refractivity contribution is 0.0696. The Hall–Kier alpha value is -2.08. The molecule has 0 aromatic carbocycles. The van der Waals surface area contributed by atoms with Gasteiger partial charge in [-0.3, -0.25) is 4.79 Å². The fourth-order valence-corrected chi connectivity index (χ4v) is 2.43. The van der Waals surface area contributed by atoms with Crippen molar-refractivity contribution < 1.29 is 19.1 Å². The Kier molecular flexibility index (Phi) is 4.01. The summed E-state index contributed by atoms with van der Waals surface area (Å²) >= 11 is 1.64. The highest BCUT2D eigenvalue weighted by Gasteiger charge is 2.14. The van der Waals surface area contributed by atoms with Crippen molar-refractivity contribution in [2.75, 3.05) is 0 Å². The Labute approximate surface area is 113 Å². The van der Waals surface area contributed by atoms with E-state index in [0.717, 1.165) is 17.6 Å². The fourth-order valence-electron chi connectivity index (χ4n) is 1.53. The predicted octanol–water partition coefficient (Wildman–Crippen LogP) is 2.53. The zero-order valence-corrected chi connectivity index (χ0v) is 11.1. The monoisotopic (exact) mass is 279 g/mol. The van der Waals surface area contributed by atoms with Crippen LogP contribution in [0.5, 0.6) is 0 Å². The molecule has 0 aliphatic heterocycles. The molecule has 2 aromatic rings. The Bertz CT molecular complexity index is 599. The molecule has 5 nitrogen and oxygen atoms in total. The van der Waals surface area contributed by atoms with Gasteiger partial charge in [0.15, 0.2) is 5.76 Å². The van der Waals surface area contributed by atoms with E-state index in [1.807, 2.05) is 12.1 Å². The molecular formula is C13H13NO4S. The van der Waals surface area contributed by atoms with Crippen LogP contribution < -0.4 is 5.32 Å². The van der Waals surface area contributed by atoms with E-state index in [2.05, 4.69) is 12.2 Å². The highest BCUT2D eigenvalue weighted by atomic mass is 32.1. The molecule has 19 heavy (non-hydrogen) atoms. The summed E-state index contributed by atoms with van der Waals surface area (Å²) in [6, 6.07) is 5.21. The largest absolute Gasteiger partial charge is 0.478 e. The quantitative estimate of drug-likeness (QED) is 0.881. The number of furan rings is 1. The maximum atomic E-state index is 11.7. The highest BCUT2D eigenvalue weighted by Crippen LogP contribution is 2.16. The standard InChI is InChI=1S/C13H13NO4S/c1-2-9-3-4-10(19-9)6-14-12(15)11-5-8(7-18-11)13(16)17/h3-5,7H,2,6H2,1H3,(H,14,15)(H,16,17). The van der Waals surface area contributed by atoms with Gasteiger partial charge in [-0.15, -0.1) is 11.3 Å². The van der Waals surface area contributed by atoms with E-state index in [-0.39, 0.29) is 11.3 Å². The molecule has 0 aliphatic rings. The van der Waals surface area contributed by atoms with E-state index in [4.69, 9.17) is 9.52 Å². The van der Waals surface area contributed by atoms with Crippen molar-refractivity contribution >= 4 is 23.2 Å². The third-order valence-electron chi connectivity index (χ3n) is 2.56. The molecule has 1 amide bonds. The second kappa shape index (κ2) is 5.71. The van der Waals surface area contributed by atoms with Gasteiger partial charge < -0.3 is 14.8 Å². The SMILES string of the molecule is CCc1ccc(CNC(=O)c2cc(C(=O)O)co2)s1. The molecular weight excluding hydrogens is 266 g/mol. The predicted molar refractivity (Wildman–Crippen MR) is 70.5 cm³/mol. The average Bonchev–Trinajstić information content (AvgIpc) is 3.04. The molecule has 0 fully saturated rings. The van der Waals surface area contributed by atoms with Crippen LogP contribution in [0.1, 0.15) is 37.6 Å². The van der Waals surface area contributed by atoms with Crippen molar-refractivity contribution in [2.45, 2.75) is 19.9 Å². The number of carboxylic acid groups (broad SMARTS) is 1. The van der Waals surface area contributed by atoms with E-state index in [1.165, 1.54) is 10.9 Å². The minimum atomic E-state index is -1.12. The van der Waals surface area contributed by atoms with Gasteiger partial charge in [0, 0.05) is 15.8 Å². The minimum absolute atomic E-state index is 0.00433. The van der Waals surface area contributed by atoms with Crippen LogP contribution in [0.25, 0.3) is 0 Å². The second-order valence-electron chi connectivity index (χ2n) is 3.91. The van der Waals surface area contributed by atoms with Crippen LogP contribution in [0.3, 0.4) is 0 Å². The number of rotatable bonds is 5. The van der Waals surface area contributed by atoms with Crippen molar-refractivity contribution in [1.82, 2.24) is 5.32 Å². The Morgan fingerprint density at radius 3 is 2.68 bits per heavy atom. The van der Waals surface area contributed by atoms with E-state index in [1.54, 1.807) is 11.3 Å². The average molecular weight is 279 g/mol. The first kappa shape index (κ1) is 13.4. The van der Waals surface area contributed by atoms with Crippen LogP contribution in [0, 0.1) is 0 Å². The van der Waals surface area contributed by atoms with E-state index in [9.17, 15) is 9.59 Å². The maximum Gasteiger partial charge on any atom is 0.338 e. The van der Waals surface area contributed by atoms with Crippen LogP contribution in [-0.4, -0.2) is 17.0 Å². The lowest BCUT2D eigenvalue weighted by atomic mass is 10.3. The van der Waals surface area contributed by atoms with Crippen molar-refractivity contribution in [3.63, 3.8) is 0 Å². The summed E-state index contributed by atoms with van der Waals surface area (Å²) in [6.45, 7) is 2.48. The molecule has 0 spiro atoms. The number of carbonyl (C=O) groups is 2. The van der Waals surface area contributed by atoms with Crippen LogP contribution in [0.4, 0.5) is 0 Å². The Morgan fingerprint density at radius 2 is 2.11 bits per heavy atom. The topological polar surface area (TPSA) is 79.5 Å². The van der Waals surface area contributed by atoms with Crippen LogP contribution >= 0.6 is 11.3 Å². The van der Waals surface area contributed by atoms with Crippen LogP contribution in [0.15, 0.2) is 28.9 Å². The molecule has 2 rings (SSSR count). The lowest BCUT2D eigenvalue weighted by Crippen LogP contribution is -2.21. The first-order chi connectivity index (χ1) is 9.10. The number of thiophene rings is 1. The summed E-state index contributed by atoms with van der Waals surface area (Å²) in [5.41, 5.74) is -0.0328. The minimum Gasteiger partial charge on any atom is -0.478 e. The summed E-state index contributed by atoms with van der Waals surface area (Å²) in [6.07, 6.45) is 2.02. The summed E-state index contributed by atoms with van der Waals surface area (Å²) in [5.74, 6) is -1.53. The number of hydrogen-bond donors (Lipinski definition) is 2. The van der Waals surface area contributed by atoms with Gasteiger partial charge in [0.2, 0.25) is 0 Å². The molecule has 2 aromatic heterocycles.